The molecule has 1 aliphatic heterocycles. The van der Waals surface area contributed by atoms with Gasteiger partial charge in [0.1, 0.15) is 12.1 Å². The van der Waals surface area contributed by atoms with Crippen LogP contribution in [0.15, 0.2) is 0 Å². The number of rotatable bonds is 2. The average Bonchev–Trinajstić information content (AvgIpc) is 3.21. The summed E-state index contributed by atoms with van der Waals surface area (Å²) in [6.07, 6.45) is 6.64. The van der Waals surface area contributed by atoms with E-state index in [0.717, 1.165) is 31.6 Å². The molecule has 3 rings (SSSR count). The van der Waals surface area contributed by atoms with E-state index in [1.54, 1.807) is 0 Å². The fraction of sp³-hybridized carbons (Fsp3) is 0.867. The van der Waals surface area contributed by atoms with Crippen molar-refractivity contribution >= 4 is 11.8 Å². The van der Waals surface area contributed by atoms with Crippen LogP contribution < -0.4 is 5.32 Å². The van der Waals surface area contributed by atoms with Crippen molar-refractivity contribution in [2.45, 2.75) is 70.5 Å². The Morgan fingerprint density at radius 2 is 1.63 bits per heavy atom. The van der Waals surface area contributed by atoms with E-state index in [1.807, 2.05) is 11.8 Å². The van der Waals surface area contributed by atoms with Crippen LogP contribution in [-0.4, -0.2) is 34.8 Å². The molecule has 2 atom stereocenters. The van der Waals surface area contributed by atoms with Gasteiger partial charge in [0, 0.05) is 6.04 Å². The Balaban J connectivity index is 1.76. The van der Waals surface area contributed by atoms with Crippen molar-refractivity contribution in [1.29, 1.82) is 0 Å². The number of amides is 2. The third-order valence-electron chi connectivity index (χ3n) is 5.09. The smallest absolute Gasteiger partial charge is 0.246 e. The lowest BCUT2D eigenvalue weighted by Gasteiger charge is -2.44. The molecule has 19 heavy (non-hydrogen) atoms. The second-order valence-corrected chi connectivity index (χ2v) is 6.66. The van der Waals surface area contributed by atoms with Gasteiger partial charge in [0.2, 0.25) is 11.8 Å². The summed E-state index contributed by atoms with van der Waals surface area (Å²) in [5.41, 5.74) is 0. The molecule has 1 saturated heterocycles. The molecule has 4 nitrogen and oxygen atoms in total. The van der Waals surface area contributed by atoms with Crippen LogP contribution in [0.2, 0.25) is 0 Å². The normalized spacial score (nSPS) is 40.2. The summed E-state index contributed by atoms with van der Waals surface area (Å²) in [4.78, 5) is 26.7. The van der Waals surface area contributed by atoms with Crippen LogP contribution >= 0.6 is 0 Å². The quantitative estimate of drug-likeness (QED) is 0.825. The number of hydrogen-bond acceptors (Lipinski definition) is 2. The van der Waals surface area contributed by atoms with E-state index in [-0.39, 0.29) is 29.9 Å². The molecular weight excluding hydrogens is 240 g/mol. The third kappa shape index (κ3) is 2.37. The molecule has 0 spiro atoms. The SMILES string of the molecule is CC1CCC(N2C(=O)C(C3CC3)NC(=O)C2C)CC1. The Morgan fingerprint density at radius 3 is 2.21 bits per heavy atom. The summed E-state index contributed by atoms with van der Waals surface area (Å²) in [7, 11) is 0. The predicted octanol–water partition coefficient (Wildman–Crippen LogP) is 1.69. The minimum absolute atomic E-state index is 0.0371. The minimum Gasteiger partial charge on any atom is -0.342 e. The summed E-state index contributed by atoms with van der Waals surface area (Å²) in [5, 5.41) is 2.93. The molecule has 1 heterocycles. The van der Waals surface area contributed by atoms with E-state index in [4.69, 9.17) is 0 Å². The zero-order valence-electron chi connectivity index (χ0n) is 11.9. The Hall–Kier alpha value is -1.06. The van der Waals surface area contributed by atoms with Gasteiger partial charge in [-0.2, -0.15) is 0 Å². The molecule has 2 amide bonds. The fourth-order valence-electron chi connectivity index (χ4n) is 3.58. The third-order valence-corrected chi connectivity index (χ3v) is 5.09. The molecule has 0 aromatic heterocycles. The van der Waals surface area contributed by atoms with Crippen LogP contribution in [0.25, 0.3) is 0 Å². The van der Waals surface area contributed by atoms with Crippen LogP contribution in [0.4, 0.5) is 0 Å². The van der Waals surface area contributed by atoms with E-state index in [2.05, 4.69) is 12.2 Å². The van der Waals surface area contributed by atoms with Gasteiger partial charge in [0.05, 0.1) is 0 Å². The van der Waals surface area contributed by atoms with E-state index in [1.165, 1.54) is 12.8 Å². The van der Waals surface area contributed by atoms with Crippen LogP contribution in [0.5, 0.6) is 0 Å². The molecule has 0 aromatic carbocycles. The molecule has 2 aliphatic carbocycles. The van der Waals surface area contributed by atoms with Crippen LogP contribution in [-0.2, 0) is 9.59 Å². The van der Waals surface area contributed by atoms with E-state index < -0.39 is 0 Å². The highest BCUT2D eigenvalue weighted by molar-refractivity contribution is 5.97. The van der Waals surface area contributed by atoms with Crippen LogP contribution in [0.3, 0.4) is 0 Å². The van der Waals surface area contributed by atoms with Gasteiger partial charge in [0.25, 0.3) is 0 Å². The van der Waals surface area contributed by atoms with Gasteiger partial charge in [-0.05, 0) is 57.3 Å². The maximum Gasteiger partial charge on any atom is 0.246 e. The Morgan fingerprint density at radius 1 is 1.00 bits per heavy atom. The molecule has 1 N–H and O–H groups in total. The largest absolute Gasteiger partial charge is 0.342 e. The van der Waals surface area contributed by atoms with E-state index >= 15 is 0 Å². The molecule has 2 unspecified atom stereocenters. The molecule has 3 aliphatic rings. The topological polar surface area (TPSA) is 49.4 Å². The van der Waals surface area contributed by atoms with E-state index in [0.29, 0.717) is 5.92 Å². The zero-order chi connectivity index (χ0) is 13.6. The Bertz CT molecular complexity index is 384. The van der Waals surface area contributed by atoms with Crippen LogP contribution in [0, 0.1) is 11.8 Å². The van der Waals surface area contributed by atoms with Gasteiger partial charge >= 0.3 is 0 Å². The molecule has 0 aromatic rings. The summed E-state index contributed by atoms with van der Waals surface area (Å²) in [6, 6.07) is -0.241. The van der Waals surface area contributed by atoms with Crippen molar-refractivity contribution in [2.24, 2.45) is 11.8 Å². The van der Waals surface area contributed by atoms with Crippen molar-refractivity contribution < 1.29 is 9.59 Å². The number of nitrogens with zero attached hydrogens (tertiary/aromatic N) is 1. The van der Waals surface area contributed by atoms with Crippen LogP contribution in [0.1, 0.15) is 52.4 Å². The second-order valence-electron chi connectivity index (χ2n) is 6.66. The van der Waals surface area contributed by atoms with Gasteiger partial charge in [-0.1, -0.05) is 6.92 Å². The molecule has 0 bridgehead atoms. The Kier molecular flexibility index (Phi) is 3.27. The highest BCUT2D eigenvalue weighted by Crippen LogP contribution is 2.37. The van der Waals surface area contributed by atoms with Crippen molar-refractivity contribution in [3.63, 3.8) is 0 Å². The molecule has 0 radical (unpaired) electrons. The maximum absolute atomic E-state index is 12.7. The lowest BCUT2D eigenvalue weighted by molar-refractivity contribution is -0.153. The van der Waals surface area contributed by atoms with Gasteiger partial charge in [-0.15, -0.1) is 0 Å². The van der Waals surface area contributed by atoms with Gasteiger partial charge in [-0.3, -0.25) is 9.59 Å². The monoisotopic (exact) mass is 264 g/mol. The van der Waals surface area contributed by atoms with Gasteiger partial charge in [-0.25, -0.2) is 0 Å². The first-order valence-corrected chi connectivity index (χ1v) is 7.70. The highest BCUT2D eigenvalue weighted by atomic mass is 16.2. The number of carbonyl (C=O) groups is 2. The highest BCUT2D eigenvalue weighted by Gasteiger charge is 2.47. The zero-order valence-corrected chi connectivity index (χ0v) is 11.9. The molecule has 3 fully saturated rings. The first kappa shape index (κ1) is 12.9. The van der Waals surface area contributed by atoms with Crippen molar-refractivity contribution in [3.05, 3.63) is 0 Å². The number of nitrogens with one attached hydrogen (secondary N) is 1. The molecule has 2 saturated carbocycles. The first-order chi connectivity index (χ1) is 9.08. The second kappa shape index (κ2) is 4.80. The Labute approximate surface area is 114 Å². The summed E-state index contributed by atoms with van der Waals surface area (Å²) < 4.78 is 0. The predicted molar refractivity (Wildman–Crippen MR) is 72.4 cm³/mol. The summed E-state index contributed by atoms with van der Waals surface area (Å²) in [5.74, 6) is 1.37. The number of carbonyl (C=O) groups excluding carboxylic acids is 2. The minimum atomic E-state index is -0.291. The molecular formula is C15H24N2O2. The lowest BCUT2D eigenvalue weighted by atomic mass is 9.85. The van der Waals surface area contributed by atoms with Gasteiger partial charge < -0.3 is 10.2 Å². The average molecular weight is 264 g/mol. The fourth-order valence-corrected chi connectivity index (χ4v) is 3.58. The van der Waals surface area contributed by atoms with E-state index in [9.17, 15) is 9.59 Å². The first-order valence-electron chi connectivity index (χ1n) is 7.70. The maximum atomic E-state index is 12.7. The van der Waals surface area contributed by atoms with Gasteiger partial charge in [0.15, 0.2) is 0 Å². The summed E-state index contributed by atoms with van der Waals surface area (Å²) in [6.45, 7) is 4.14. The number of hydrogen-bond donors (Lipinski definition) is 1. The standard InChI is InChI=1S/C15H24N2O2/c1-9-3-7-12(8-4-9)17-10(2)14(18)16-13(15(17)19)11-5-6-11/h9-13H,3-8H2,1-2H3,(H,16,18). The van der Waals surface area contributed by atoms with Crippen molar-refractivity contribution in [2.75, 3.05) is 0 Å². The van der Waals surface area contributed by atoms with Crippen molar-refractivity contribution in [3.8, 4) is 0 Å². The number of piperazine rings is 1. The summed E-state index contributed by atoms with van der Waals surface area (Å²) >= 11 is 0. The molecule has 106 valence electrons. The molecule has 4 heteroatoms. The van der Waals surface area contributed by atoms with Crippen molar-refractivity contribution in [1.82, 2.24) is 10.2 Å². The lowest BCUT2D eigenvalue weighted by Crippen LogP contribution is -2.65.